The normalized spacial score (nSPS) is 11.3. The first-order valence-electron chi connectivity index (χ1n) is 6.66. The molecule has 0 aromatic rings. The van der Waals surface area contributed by atoms with E-state index < -0.39 is 48.4 Å². The lowest BCUT2D eigenvalue weighted by atomic mass is 9.96. The Balaban J connectivity index is -0.000000341. The second-order valence-electron chi connectivity index (χ2n) is 4.82. The van der Waals surface area contributed by atoms with E-state index >= 15 is 0 Å². The zero-order valence-electron chi connectivity index (χ0n) is 13.5. The van der Waals surface area contributed by atoms with Crippen molar-refractivity contribution in [2.24, 2.45) is 5.92 Å². The van der Waals surface area contributed by atoms with Crippen molar-refractivity contribution in [3.8, 4) is 0 Å². The van der Waals surface area contributed by atoms with Crippen LogP contribution < -0.4 is 0 Å². The predicted octanol–water partition coefficient (Wildman–Crippen LogP) is -1.16. The molecule has 11 nitrogen and oxygen atoms in total. The van der Waals surface area contributed by atoms with Gasteiger partial charge in [-0.1, -0.05) is 13.8 Å². The molecule has 11 heteroatoms. The standard InChI is InChI=1S/C6H8O7.C5H10O3.C2H6O/c7-3(8)1-6(13,5(11)12)2-4(9)10;1-3(2)4(6)5(7)8;1-2-3/h13H,1-2H2,(H,7,8)(H,9,10)(H,11,12);3-4,6H,1-2H3,(H,7,8);3H,2H2,1H3. The lowest BCUT2D eigenvalue weighted by molar-refractivity contribution is -0.170. The molecule has 0 radical (unpaired) electrons. The zero-order valence-corrected chi connectivity index (χ0v) is 13.5. The van der Waals surface area contributed by atoms with E-state index in [2.05, 4.69) is 0 Å². The van der Waals surface area contributed by atoms with Gasteiger partial charge < -0.3 is 35.7 Å². The Morgan fingerprint density at radius 2 is 1.21 bits per heavy atom. The van der Waals surface area contributed by atoms with Gasteiger partial charge in [0.2, 0.25) is 0 Å². The first-order valence-corrected chi connectivity index (χ1v) is 6.66. The molecule has 0 aliphatic carbocycles. The van der Waals surface area contributed by atoms with Gasteiger partial charge >= 0.3 is 23.9 Å². The predicted molar refractivity (Wildman–Crippen MR) is 78.3 cm³/mol. The fourth-order valence-corrected chi connectivity index (χ4v) is 0.999. The summed E-state index contributed by atoms with van der Waals surface area (Å²) in [6, 6.07) is 0. The fraction of sp³-hybridized carbons (Fsp3) is 0.692. The molecule has 0 spiro atoms. The number of carboxylic acid groups (broad SMARTS) is 4. The molecule has 0 saturated carbocycles. The Bertz CT molecular complexity index is 400. The second kappa shape index (κ2) is 13.2. The highest BCUT2D eigenvalue weighted by Crippen LogP contribution is 2.15. The van der Waals surface area contributed by atoms with Crippen LogP contribution in [0.2, 0.25) is 0 Å². The van der Waals surface area contributed by atoms with E-state index in [9.17, 15) is 19.2 Å². The van der Waals surface area contributed by atoms with Crippen LogP contribution in [0, 0.1) is 5.92 Å². The van der Waals surface area contributed by atoms with Gasteiger partial charge in [-0.3, -0.25) is 9.59 Å². The molecule has 1 unspecified atom stereocenters. The minimum absolute atomic E-state index is 0.201. The highest BCUT2D eigenvalue weighted by atomic mass is 16.4. The smallest absolute Gasteiger partial charge is 0.336 e. The third-order valence-corrected chi connectivity index (χ3v) is 2.17. The van der Waals surface area contributed by atoms with Crippen LogP contribution in [-0.2, 0) is 19.2 Å². The van der Waals surface area contributed by atoms with Crippen molar-refractivity contribution in [2.45, 2.75) is 45.3 Å². The summed E-state index contributed by atoms with van der Waals surface area (Å²) in [5, 5.41) is 58.1. The van der Waals surface area contributed by atoms with Crippen molar-refractivity contribution in [2.75, 3.05) is 6.61 Å². The van der Waals surface area contributed by atoms with Crippen LogP contribution in [0.4, 0.5) is 0 Å². The SMILES string of the molecule is CC(C)C(O)C(=O)O.CCO.O=C(O)CC(O)(CC(=O)O)C(=O)O. The van der Waals surface area contributed by atoms with E-state index in [4.69, 9.17) is 35.7 Å². The average Bonchev–Trinajstić information content (AvgIpc) is 2.36. The molecule has 1 atom stereocenters. The van der Waals surface area contributed by atoms with Crippen LogP contribution in [0.3, 0.4) is 0 Å². The van der Waals surface area contributed by atoms with Crippen molar-refractivity contribution >= 4 is 23.9 Å². The van der Waals surface area contributed by atoms with Gasteiger partial charge in [0.05, 0.1) is 12.8 Å². The summed E-state index contributed by atoms with van der Waals surface area (Å²) in [4.78, 5) is 40.4. The first kappa shape index (κ1) is 26.6. The van der Waals surface area contributed by atoms with Gasteiger partial charge in [0.15, 0.2) is 11.7 Å². The molecule has 0 aliphatic heterocycles. The summed E-state index contributed by atoms with van der Waals surface area (Å²) in [6.45, 7) is 5.23. The molecule has 0 fully saturated rings. The number of carboxylic acids is 4. The molecular weight excluding hydrogens is 332 g/mol. The van der Waals surface area contributed by atoms with Crippen molar-refractivity contribution in [1.82, 2.24) is 0 Å². The molecule has 0 rings (SSSR count). The monoisotopic (exact) mass is 356 g/mol. The lowest BCUT2D eigenvalue weighted by Crippen LogP contribution is -2.42. The van der Waals surface area contributed by atoms with E-state index in [-0.39, 0.29) is 12.5 Å². The topological polar surface area (TPSA) is 210 Å². The Morgan fingerprint density at radius 3 is 1.29 bits per heavy atom. The Morgan fingerprint density at radius 1 is 0.917 bits per heavy atom. The van der Waals surface area contributed by atoms with Gasteiger partial charge in [-0.2, -0.15) is 0 Å². The average molecular weight is 356 g/mol. The molecular formula is C13H24O11. The van der Waals surface area contributed by atoms with E-state index in [0.29, 0.717) is 0 Å². The van der Waals surface area contributed by atoms with Crippen LogP contribution in [0.1, 0.15) is 33.6 Å². The van der Waals surface area contributed by atoms with Gasteiger partial charge in [0, 0.05) is 6.61 Å². The Labute approximate surface area is 137 Å². The maximum absolute atomic E-state index is 10.3. The number of carbonyl (C=O) groups is 4. The number of hydrogen-bond donors (Lipinski definition) is 7. The molecule has 0 amide bonds. The van der Waals surface area contributed by atoms with E-state index in [1.165, 1.54) is 0 Å². The molecule has 0 aromatic carbocycles. The summed E-state index contributed by atoms with van der Waals surface area (Å²) in [5.41, 5.74) is -2.74. The number of aliphatic hydroxyl groups excluding tert-OH is 2. The van der Waals surface area contributed by atoms with Crippen LogP contribution in [0.15, 0.2) is 0 Å². The maximum Gasteiger partial charge on any atom is 0.336 e. The number of rotatable bonds is 7. The van der Waals surface area contributed by atoms with Crippen LogP contribution in [0.5, 0.6) is 0 Å². The molecule has 0 aromatic heterocycles. The Kier molecular flexibility index (Phi) is 14.7. The van der Waals surface area contributed by atoms with Crippen LogP contribution in [-0.4, -0.2) is 77.9 Å². The van der Waals surface area contributed by atoms with E-state index in [1.807, 2.05) is 0 Å². The van der Waals surface area contributed by atoms with E-state index in [1.54, 1.807) is 20.8 Å². The molecule has 0 saturated heterocycles. The van der Waals surface area contributed by atoms with Crippen LogP contribution in [0.25, 0.3) is 0 Å². The molecule has 0 bridgehead atoms. The van der Waals surface area contributed by atoms with E-state index in [0.717, 1.165) is 0 Å². The third kappa shape index (κ3) is 14.7. The van der Waals surface area contributed by atoms with Crippen molar-refractivity contribution < 1.29 is 54.9 Å². The molecule has 7 N–H and O–H groups in total. The van der Waals surface area contributed by atoms with Gasteiger partial charge in [0.1, 0.15) is 0 Å². The molecule has 0 heterocycles. The summed E-state index contributed by atoms with van der Waals surface area (Å²) in [5.74, 6) is -6.37. The largest absolute Gasteiger partial charge is 0.481 e. The number of aliphatic carboxylic acids is 4. The highest BCUT2D eigenvalue weighted by Gasteiger charge is 2.40. The number of hydrogen-bond acceptors (Lipinski definition) is 7. The summed E-state index contributed by atoms with van der Waals surface area (Å²) in [7, 11) is 0. The summed E-state index contributed by atoms with van der Waals surface area (Å²) < 4.78 is 0. The number of aliphatic hydroxyl groups is 3. The molecule has 24 heavy (non-hydrogen) atoms. The summed E-state index contributed by atoms with van der Waals surface area (Å²) >= 11 is 0. The Hall–Kier alpha value is -2.24. The van der Waals surface area contributed by atoms with Gasteiger partial charge in [-0.05, 0) is 12.8 Å². The minimum atomic E-state index is -2.74. The fourth-order valence-electron chi connectivity index (χ4n) is 0.999. The van der Waals surface area contributed by atoms with Crippen molar-refractivity contribution in [3.05, 3.63) is 0 Å². The van der Waals surface area contributed by atoms with Gasteiger partial charge in [-0.25, -0.2) is 9.59 Å². The molecule has 142 valence electrons. The maximum atomic E-state index is 10.3. The van der Waals surface area contributed by atoms with Crippen molar-refractivity contribution in [3.63, 3.8) is 0 Å². The minimum Gasteiger partial charge on any atom is -0.481 e. The lowest BCUT2D eigenvalue weighted by Gasteiger charge is -2.18. The highest BCUT2D eigenvalue weighted by molar-refractivity contribution is 5.88. The zero-order chi connectivity index (χ0) is 20.1. The third-order valence-electron chi connectivity index (χ3n) is 2.17. The van der Waals surface area contributed by atoms with Gasteiger partial charge in [-0.15, -0.1) is 0 Å². The van der Waals surface area contributed by atoms with Crippen molar-refractivity contribution in [1.29, 1.82) is 0 Å². The second-order valence-corrected chi connectivity index (χ2v) is 4.82. The quantitative estimate of drug-likeness (QED) is 0.289. The van der Waals surface area contributed by atoms with Crippen LogP contribution >= 0.6 is 0 Å². The first-order chi connectivity index (χ1) is 10.7. The summed E-state index contributed by atoms with van der Waals surface area (Å²) in [6.07, 6.45) is -3.50. The van der Waals surface area contributed by atoms with Gasteiger partial charge in [0.25, 0.3) is 0 Å². The molecule has 0 aliphatic rings.